The normalized spacial score (nSPS) is 15.8. The summed E-state index contributed by atoms with van der Waals surface area (Å²) in [5.41, 5.74) is 6.25. The monoisotopic (exact) mass is 382 g/mol. The van der Waals surface area contributed by atoms with Crippen LogP contribution in [0.15, 0.2) is 72.8 Å². The van der Waals surface area contributed by atoms with Crippen LogP contribution in [0.25, 0.3) is 11.0 Å². The molecule has 0 aliphatic heterocycles. The molecule has 1 heterocycles. The number of aromatic nitrogens is 3. The van der Waals surface area contributed by atoms with Gasteiger partial charge >= 0.3 is 0 Å². The molecule has 5 heteroatoms. The Hall–Kier alpha value is -3.47. The molecule has 5 nitrogen and oxygen atoms in total. The van der Waals surface area contributed by atoms with Crippen LogP contribution in [-0.2, 0) is 13.0 Å². The first-order valence-electron chi connectivity index (χ1n) is 10.0. The van der Waals surface area contributed by atoms with Crippen LogP contribution in [0.1, 0.15) is 45.9 Å². The second-order valence-electron chi connectivity index (χ2n) is 7.55. The zero-order valence-corrected chi connectivity index (χ0v) is 16.1. The molecule has 1 amide bonds. The van der Waals surface area contributed by atoms with Crippen molar-refractivity contribution < 1.29 is 4.79 Å². The van der Waals surface area contributed by atoms with E-state index in [0.717, 1.165) is 35.9 Å². The Balaban J connectivity index is 1.30. The molecule has 4 aromatic rings. The number of carbonyl (C=O) groups excluding carboxylic acids is 1. The number of rotatable bonds is 4. The molecule has 0 radical (unpaired) electrons. The highest BCUT2D eigenvalue weighted by molar-refractivity contribution is 5.94. The Labute approximate surface area is 169 Å². The van der Waals surface area contributed by atoms with Gasteiger partial charge in [-0.15, -0.1) is 5.10 Å². The van der Waals surface area contributed by atoms with Crippen molar-refractivity contribution in [1.82, 2.24) is 20.3 Å². The smallest absolute Gasteiger partial charge is 0.251 e. The number of amides is 1. The van der Waals surface area contributed by atoms with Crippen LogP contribution in [0.2, 0.25) is 0 Å². The SMILES string of the molecule is O=C(NC1CCCc2ccccc21)c1ccc(Cn2nnc3ccccc32)cc1. The maximum atomic E-state index is 12.8. The maximum Gasteiger partial charge on any atom is 0.251 e. The molecule has 1 aliphatic carbocycles. The Morgan fingerprint density at radius 2 is 1.79 bits per heavy atom. The third-order valence-electron chi connectivity index (χ3n) is 5.64. The zero-order chi connectivity index (χ0) is 19.6. The van der Waals surface area contributed by atoms with E-state index in [4.69, 9.17) is 0 Å². The van der Waals surface area contributed by atoms with Gasteiger partial charge in [0, 0.05) is 5.56 Å². The van der Waals surface area contributed by atoms with Gasteiger partial charge in [0.15, 0.2) is 0 Å². The van der Waals surface area contributed by atoms with Crippen LogP contribution < -0.4 is 5.32 Å². The Morgan fingerprint density at radius 1 is 1.00 bits per heavy atom. The molecule has 0 fully saturated rings. The Morgan fingerprint density at radius 3 is 2.69 bits per heavy atom. The third kappa shape index (κ3) is 3.51. The molecule has 29 heavy (non-hydrogen) atoms. The first kappa shape index (κ1) is 17.6. The second-order valence-corrected chi connectivity index (χ2v) is 7.55. The van der Waals surface area contributed by atoms with Gasteiger partial charge in [-0.1, -0.05) is 53.7 Å². The van der Waals surface area contributed by atoms with E-state index in [9.17, 15) is 4.79 Å². The fraction of sp³-hybridized carbons (Fsp3) is 0.208. The molecule has 0 saturated carbocycles. The molecule has 1 N–H and O–H groups in total. The van der Waals surface area contributed by atoms with Gasteiger partial charge in [0.05, 0.1) is 18.1 Å². The van der Waals surface area contributed by atoms with Gasteiger partial charge in [0.25, 0.3) is 5.91 Å². The molecule has 3 aromatic carbocycles. The summed E-state index contributed by atoms with van der Waals surface area (Å²) in [4.78, 5) is 12.8. The van der Waals surface area contributed by atoms with Gasteiger partial charge < -0.3 is 5.32 Å². The average molecular weight is 382 g/mol. The van der Waals surface area contributed by atoms with Crippen molar-refractivity contribution in [3.8, 4) is 0 Å². The van der Waals surface area contributed by atoms with Crippen LogP contribution in [0.4, 0.5) is 0 Å². The van der Waals surface area contributed by atoms with E-state index >= 15 is 0 Å². The number of aryl methyl sites for hydroxylation is 1. The minimum Gasteiger partial charge on any atom is -0.345 e. The van der Waals surface area contributed by atoms with Crippen molar-refractivity contribution in [2.24, 2.45) is 0 Å². The highest BCUT2D eigenvalue weighted by Crippen LogP contribution is 2.29. The molecular weight excluding hydrogens is 360 g/mol. The second kappa shape index (κ2) is 7.51. The lowest BCUT2D eigenvalue weighted by atomic mass is 9.87. The number of hydrogen-bond acceptors (Lipinski definition) is 3. The summed E-state index contributed by atoms with van der Waals surface area (Å²) >= 11 is 0. The minimum atomic E-state index is -0.0236. The van der Waals surface area contributed by atoms with E-state index in [1.807, 2.05) is 59.3 Å². The van der Waals surface area contributed by atoms with Crippen molar-refractivity contribution in [2.45, 2.75) is 31.8 Å². The van der Waals surface area contributed by atoms with Gasteiger partial charge in [-0.2, -0.15) is 0 Å². The predicted octanol–water partition coefficient (Wildman–Crippen LogP) is 4.29. The molecule has 1 aromatic heterocycles. The van der Waals surface area contributed by atoms with Crippen molar-refractivity contribution in [3.05, 3.63) is 95.1 Å². The molecular formula is C24H22N4O. The lowest BCUT2D eigenvalue weighted by molar-refractivity contribution is 0.0932. The molecule has 5 rings (SSSR count). The number of hydrogen-bond donors (Lipinski definition) is 1. The van der Waals surface area contributed by atoms with E-state index in [-0.39, 0.29) is 11.9 Å². The van der Waals surface area contributed by atoms with Gasteiger partial charge in [-0.25, -0.2) is 4.68 Å². The summed E-state index contributed by atoms with van der Waals surface area (Å²) in [6.45, 7) is 0.623. The average Bonchev–Trinajstić information content (AvgIpc) is 3.17. The summed E-state index contributed by atoms with van der Waals surface area (Å²) in [5, 5.41) is 11.6. The molecule has 0 bridgehead atoms. The van der Waals surface area contributed by atoms with Crippen molar-refractivity contribution in [3.63, 3.8) is 0 Å². The lowest BCUT2D eigenvalue weighted by Gasteiger charge is -2.26. The predicted molar refractivity (Wildman–Crippen MR) is 113 cm³/mol. The first-order chi connectivity index (χ1) is 14.3. The van der Waals surface area contributed by atoms with E-state index in [1.165, 1.54) is 11.1 Å². The molecule has 0 saturated heterocycles. The van der Waals surface area contributed by atoms with Gasteiger partial charge in [0.1, 0.15) is 5.52 Å². The van der Waals surface area contributed by atoms with E-state index in [0.29, 0.717) is 12.1 Å². The zero-order valence-electron chi connectivity index (χ0n) is 16.1. The number of para-hydroxylation sites is 1. The fourth-order valence-corrected chi connectivity index (χ4v) is 4.11. The summed E-state index contributed by atoms with van der Waals surface area (Å²) in [5.74, 6) is -0.0236. The molecule has 1 atom stereocenters. The third-order valence-corrected chi connectivity index (χ3v) is 5.64. The highest BCUT2D eigenvalue weighted by Gasteiger charge is 2.21. The first-order valence-corrected chi connectivity index (χ1v) is 10.0. The van der Waals surface area contributed by atoms with Crippen LogP contribution >= 0.6 is 0 Å². The quantitative estimate of drug-likeness (QED) is 0.573. The summed E-state index contributed by atoms with van der Waals surface area (Å²) in [7, 11) is 0. The summed E-state index contributed by atoms with van der Waals surface area (Å²) < 4.78 is 1.88. The minimum absolute atomic E-state index is 0.0236. The van der Waals surface area contributed by atoms with Crippen LogP contribution in [0.5, 0.6) is 0 Å². The van der Waals surface area contributed by atoms with Crippen molar-refractivity contribution >= 4 is 16.9 Å². The number of nitrogens with zero attached hydrogens (tertiary/aromatic N) is 3. The van der Waals surface area contributed by atoms with Gasteiger partial charge in [0.2, 0.25) is 0 Å². The van der Waals surface area contributed by atoms with Crippen LogP contribution in [0, 0.1) is 0 Å². The van der Waals surface area contributed by atoms with E-state index in [2.05, 4.69) is 33.8 Å². The number of nitrogens with one attached hydrogen (secondary N) is 1. The lowest BCUT2D eigenvalue weighted by Crippen LogP contribution is -2.30. The van der Waals surface area contributed by atoms with Crippen LogP contribution in [-0.4, -0.2) is 20.9 Å². The Bertz CT molecular complexity index is 1160. The number of fused-ring (bicyclic) bond motifs is 2. The van der Waals surface area contributed by atoms with Crippen molar-refractivity contribution in [1.29, 1.82) is 0 Å². The van der Waals surface area contributed by atoms with Crippen molar-refractivity contribution in [2.75, 3.05) is 0 Å². The van der Waals surface area contributed by atoms with E-state index < -0.39 is 0 Å². The maximum absolute atomic E-state index is 12.8. The molecule has 144 valence electrons. The topological polar surface area (TPSA) is 59.8 Å². The van der Waals surface area contributed by atoms with Crippen LogP contribution in [0.3, 0.4) is 0 Å². The fourth-order valence-electron chi connectivity index (χ4n) is 4.11. The summed E-state index contributed by atoms with van der Waals surface area (Å²) in [6.07, 6.45) is 3.18. The highest BCUT2D eigenvalue weighted by atomic mass is 16.1. The number of benzene rings is 3. The molecule has 1 unspecified atom stereocenters. The van der Waals surface area contributed by atoms with Gasteiger partial charge in [-0.3, -0.25) is 4.79 Å². The van der Waals surface area contributed by atoms with Gasteiger partial charge in [-0.05, 0) is 60.2 Å². The van der Waals surface area contributed by atoms with E-state index in [1.54, 1.807) is 0 Å². The summed E-state index contributed by atoms with van der Waals surface area (Å²) in [6, 6.07) is 24.2. The largest absolute Gasteiger partial charge is 0.345 e. The molecule has 0 spiro atoms. The standard InChI is InChI=1S/C24H22N4O/c29-24(25-21-10-5-7-18-6-1-2-8-20(18)21)19-14-12-17(13-15-19)16-28-23-11-4-3-9-22(23)26-27-28/h1-4,6,8-9,11-15,21H,5,7,10,16H2,(H,25,29). The number of carbonyl (C=O) groups is 1. The molecule has 1 aliphatic rings. The Kier molecular flexibility index (Phi) is 4.56.